The number of benzene rings is 3. The second-order valence-electron chi connectivity index (χ2n) is 6.52. The van der Waals surface area contributed by atoms with E-state index in [1.165, 1.54) is 16.3 Å². The van der Waals surface area contributed by atoms with E-state index in [0.29, 0.717) is 0 Å². The van der Waals surface area contributed by atoms with Crippen LogP contribution in [0.25, 0.3) is 11.1 Å². The average molecular weight is 331 g/mol. The lowest BCUT2D eigenvalue weighted by atomic mass is 9.99. The van der Waals surface area contributed by atoms with E-state index in [1.54, 1.807) is 0 Å². The second kappa shape index (κ2) is 6.98. The minimum atomic E-state index is -1.06. The Hall–Kier alpha value is -2.45. The number of hydrogen-bond acceptors (Lipinski definition) is 1. The van der Waals surface area contributed by atoms with E-state index in [0.717, 1.165) is 16.7 Å². The summed E-state index contributed by atoms with van der Waals surface area (Å²) in [6.07, 6.45) is 0. The van der Waals surface area contributed by atoms with Crippen LogP contribution < -0.4 is 5.19 Å². The van der Waals surface area contributed by atoms with Gasteiger partial charge in [-0.3, -0.25) is 4.79 Å². The van der Waals surface area contributed by atoms with E-state index in [-0.39, 0.29) is 5.78 Å². The van der Waals surface area contributed by atoms with Crippen LogP contribution >= 0.6 is 0 Å². The highest BCUT2D eigenvalue weighted by Gasteiger charge is 2.16. The van der Waals surface area contributed by atoms with Crippen molar-refractivity contribution in [3.63, 3.8) is 0 Å². The Balaban J connectivity index is 1.94. The molecule has 2 heteroatoms. The van der Waals surface area contributed by atoms with E-state index in [4.69, 9.17) is 0 Å². The molecular formula is C22H22OSi. The van der Waals surface area contributed by atoms with Crippen LogP contribution in [-0.4, -0.2) is 14.6 Å². The Bertz CT molecular complexity index is 849. The van der Waals surface area contributed by atoms with Crippen LogP contribution in [0.2, 0.25) is 13.1 Å². The molecule has 0 fully saturated rings. The molecule has 120 valence electrons. The molecule has 1 nitrogen and oxygen atoms in total. The fraction of sp³-hybridized carbons (Fsp3) is 0.136. The number of rotatable bonds is 4. The Morgan fingerprint density at radius 2 is 1.42 bits per heavy atom. The van der Waals surface area contributed by atoms with Crippen molar-refractivity contribution in [1.29, 1.82) is 0 Å². The number of carbonyl (C=O) groups excluding carboxylic acids is 1. The highest BCUT2D eigenvalue weighted by atomic mass is 28.3. The van der Waals surface area contributed by atoms with Gasteiger partial charge in [0, 0.05) is 11.1 Å². The van der Waals surface area contributed by atoms with Gasteiger partial charge in [0.05, 0.1) is 8.80 Å². The number of carbonyl (C=O) groups is 1. The lowest BCUT2D eigenvalue weighted by Crippen LogP contribution is -2.29. The van der Waals surface area contributed by atoms with Crippen molar-refractivity contribution in [1.82, 2.24) is 0 Å². The van der Waals surface area contributed by atoms with Gasteiger partial charge in [0.2, 0.25) is 0 Å². The molecule has 3 rings (SSSR count). The molecule has 0 aromatic heterocycles. The van der Waals surface area contributed by atoms with Crippen LogP contribution in [0.3, 0.4) is 0 Å². The molecule has 0 unspecified atom stereocenters. The Morgan fingerprint density at radius 3 is 2.04 bits per heavy atom. The molecule has 0 aliphatic heterocycles. The fourth-order valence-corrected chi connectivity index (χ4v) is 4.41. The third-order valence-corrected chi connectivity index (χ3v) is 6.05. The number of hydrogen-bond donors (Lipinski definition) is 0. The number of ketones is 1. The zero-order valence-corrected chi connectivity index (χ0v) is 15.6. The molecule has 0 aliphatic rings. The predicted octanol–water partition coefficient (Wildman–Crippen LogP) is 4.59. The van der Waals surface area contributed by atoms with E-state index < -0.39 is 8.80 Å². The van der Waals surface area contributed by atoms with Crippen LogP contribution in [-0.2, 0) is 0 Å². The van der Waals surface area contributed by atoms with E-state index in [1.807, 2.05) is 54.6 Å². The average Bonchev–Trinajstić information content (AvgIpc) is 2.62. The summed E-state index contributed by atoms with van der Waals surface area (Å²) < 4.78 is 0. The minimum absolute atomic E-state index is 0.130. The van der Waals surface area contributed by atoms with Gasteiger partial charge in [-0.25, -0.2) is 0 Å². The zero-order valence-electron chi connectivity index (χ0n) is 14.4. The predicted molar refractivity (Wildman–Crippen MR) is 105 cm³/mol. The van der Waals surface area contributed by atoms with Gasteiger partial charge in [-0.15, -0.1) is 0 Å². The minimum Gasteiger partial charge on any atom is -0.289 e. The fourth-order valence-electron chi connectivity index (χ4n) is 2.97. The van der Waals surface area contributed by atoms with Crippen molar-refractivity contribution in [2.24, 2.45) is 0 Å². The van der Waals surface area contributed by atoms with Crippen molar-refractivity contribution in [3.8, 4) is 11.1 Å². The zero-order chi connectivity index (χ0) is 17.1. The highest BCUT2D eigenvalue weighted by Crippen LogP contribution is 2.20. The Morgan fingerprint density at radius 1 is 0.792 bits per heavy atom. The lowest BCUT2D eigenvalue weighted by Gasteiger charge is -2.12. The first-order valence-electron chi connectivity index (χ1n) is 8.37. The smallest absolute Gasteiger partial charge is 0.192 e. The van der Waals surface area contributed by atoms with Crippen LogP contribution in [0, 0.1) is 6.92 Å². The van der Waals surface area contributed by atoms with Gasteiger partial charge in [-0.2, -0.15) is 0 Å². The highest BCUT2D eigenvalue weighted by molar-refractivity contribution is 6.72. The molecule has 0 atom stereocenters. The third kappa shape index (κ3) is 3.39. The van der Waals surface area contributed by atoms with E-state index in [9.17, 15) is 4.79 Å². The maximum atomic E-state index is 13.0. The van der Waals surface area contributed by atoms with Crippen LogP contribution in [0.15, 0.2) is 72.8 Å². The largest absolute Gasteiger partial charge is 0.289 e. The molecule has 3 aromatic carbocycles. The maximum Gasteiger partial charge on any atom is 0.192 e. The molecule has 0 heterocycles. The molecule has 24 heavy (non-hydrogen) atoms. The van der Waals surface area contributed by atoms with Crippen LogP contribution in [0.5, 0.6) is 0 Å². The summed E-state index contributed by atoms with van der Waals surface area (Å²) in [7, 11) is -1.06. The molecular weight excluding hydrogens is 308 g/mol. The van der Waals surface area contributed by atoms with Crippen molar-refractivity contribution >= 4 is 19.8 Å². The summed E-state index contributed by atoms with van der Waals surface area (Å²) >= 11 is 0. The van der Waals surface area contributed by atoms with E-state index >= 15 is 0 Å². The van der Waals surface area contributed by atoms with Gasteiger partial charge >= 0.3 is 0 Å². The normalized spacial score (nSPS) is 10.8. The van der Waals surface area contributed by atoms with Gasteiger partial charge in [0.15, 0.2) is 5.78 Å². The first-order valence-corrected chi connectivity index (χ1v) is 11.3. The molecule has 0 spiro atoms. The summed E-state index contributed by atoms with van der Waals surface area (Å²) in [5.41, 5.74) is 5.16. The Labute approximate surface area is 145 Å². The van der Waals surface area contributed by atoms with Crippen LogP contribution in [0.1, 0.15) is 21.5 Å². The molecule has 3 aromatic rings. The number of aryl methyl sites for hydroxylation is 1. The second-order valence-corrected chi connectivity index (χ2v) is 9.45. The summed E-state index contributed by atoms with van der Waals surface area (Å²) in [6, 6.07) is 24.4. The van der Waals surface area contributed by atoms with Gasteiger partial charge < -0.3 is 0 Å². The topological polar surface area (TPSA) is 17.1 Å². The van der Waals surface area contributed by atoms with Crippen molar-refractivity contribution in [2.45, 2.75) is 20.0 Å². The SMILES string of the molecule is Cc1ccc(C(=O)c2ccc(-c3ccccc3)cc2)c([SiH](C)C)c1. The quantitative estimate of drug-likeness (QED) is 0.505. The molecule has 0 aliphatic carbocycles. The molecule has 0 saturated heterocycles. The summed E-state index contributed by atoms with van der Waals surface area (Å²) in [5.74, 6) is 0.130. The first-order chi connectivity index (χ1) is 11.6. The van der Waals surface area contributed by atoms with Gasteiger partial charge in [-0.05, 0) is 18.1 Å². The molecule has 0 saturated carbocycles. The molecule has 0 radical (unpaired) electrons. The Kier molecular flexibility index (Phi) is 4.77. The van der Waals surface area contributed by atoms with Crippen molar-refractivity contribution in [3.05, 3.63) is 89.5 Å². The van der Waals surface area contributed by atoms with Crippen LogP contribution in [0.4, 0.5) is 0 Å². The molecule has 0 bridgehead atoms. The third-order valence-electron chi connectivity index (χ3n) is 4.33. The summed E-state index contributed by atoms with van der Waals surface area (Å²) in [6.45, 7) is 6.62. The first kappa shape index (κ1) is 16.4. The van der Waals surface area contributed by atoms with Gasteiger partial charge in [0.1, 0.15) is 0 Å². The van der Waals surface area contributed by atoms with Crippen molar-refractivity contribution in [2.75, 3.05) is 0 Å². The molecule has 0 N–H and O–H groups in total. The summed E-state index contributed by atoms with van der Waals surface area (Å²) in [5, 5.41) is 1.26. The lowest BCUT2D eigenvalue weighted by molar-refractivity contribution is 0.104. The maximum absolute atomic E-state index is 13.0. The van der Waals surface area contributed by atoms with Gasteiger partial charge in [0.25, 0.3) is 0 Å². The standard InChI is InChI=1S/C22H22OSi/c1-16-9-14-20(21(15-16)24(2)3)22(23)19-12-10-18(11-13-19)17-7-5-4-6-8-17/h4-15,24H,1-3H3. The monoisotopic (exact) mass is 330 g/mol. The van der Waals surface area contributed by atoms with E-state index in [2.05, 4.69) is 38.2 Å². The molecule has 0 amide bonds. The van der Waals surface area contributed by atoms with Crippen molar-refractivity contribution < 1.29 is 4.79 Å². The van der Waals surface area contributed by atoms with Gasteiger partial charge in [-0.1, -0.05) is 96.6 Å². The summed E-state index contributed by atoms with van der Waals surface area (Å²) in [4.78, 5) is 13.0.